The monoisotopic (exact) mass is 307 g/mol. The minimum absolute atomic E-state index is 0.0958. The van der Waals surface area contributed by atoms with Crippen molar-refractivity contribution in [2.24, 2.45) is 11.7 Å². The molecule has 1 heterocycles. The van der Waals surface area contributed by atoms with Gasteiger partial charge in [-0.25, -0.2) is 4.39 Å². The third-order valence-electron chi connectivity index (χ3n) is 4.33. The molecule has 1 fully saturated rings. The Labute approximate surface area is 131 Å². The van der Waals surface area contributed by atoms with E-state index in [-0.39, 0.29) is 23.6 Å². The van der Waals surface area contributed by atoms with Gasteiger partial charge in [-0.15, -0.1) is 0 Å². The number of amides is 1. The van der Waals surface area contributed by atoms with E-state index in [1.807, 2.05) is 19.9 Å². The van der Waals surface area contributed by atoms with Crippen molar-refractivity contribution >= 4 is 5.91 Å². The summed E-state index contributed by atoms with van der Waals surface area (Å²) in [5.41, 5.74) is 7.50. The number of nitrogens with two attached hydrogens (primary N) is 1. The maximum Gasteiger partial charge on any atom is 0.237 e. The molecule has 22 heavy (non-hydrogen) atoms. The number of halogens is 1. The van der Waals surface area contributed by atoms with Gasteiger partial charge in [-0.1, -0.05) is 26.0 Å². The summed E-state index contributed by atoms with van der Waals surface area (Å²) < 4.78 is 14.1. The van der Waals surface area contributed by atoms with Crippen LogP contribution >= 0.6 is 0 Å². The van der Waals surface area contributed by atoms with E-state index in [9.17, 15) is 9.18 Å². The second-order valence-corrected chi connectivity index (χ2v) is 6.37. The van der Waals surface area contributed by atoms with Gasteiger partial charge >= 0.3 is 0 Å². The standard InChI is InChI=1S/C17H26FN3O/c1-11(2)16(19)17(22)21-10-12-3-4-15(18)14(9-12)13-5-7-20-8-6-13/h3-4,9,11,13,16,20H,5-8,10,19H2,1-2H3,(H,21,22)/t16-/m0/s1. The summed E-state index contributed by atoms with van der Waals surface area (Å²) in [7, 11) is 0. The Morgan fingerprint density at radius 3 is 2.73 bits per heavy atom. The van der Waals surface area contributed by atoms with Gasteiger partial charge < -0.3 is 16.4 Å². The molecule has 0 aromatic heterocycles. The molecule has 1 saturated heterocycles. The second kappa shape index (κ2) is 7.70. The highest BCUT2D eigenvalue weighted by atomic mass is 19.1. The molecule has 0 aliphatic carbocycles. The van der Waals surface area contributed by atoms with Gasteiger partial charge in [0.2, 0.25) is 5.91 Å². The summed E-state index contributed by atoms with van der Waals surface area (Å²) in [6, 6.07) is 4.60. The Balaban J connectivity index is 2.01. The van der Waals surface area contributed by atoms with Crippen LogP contribution in [-0.4, -0.2) is 25.0 Å². The maximum absolute atomic E-state index is 14.1. The summed E-state index contributed by atoms with van der Waals surface area (Å²) in [5, 5.41) is 6.12. The van der Waals surface area contributed by atoms with E-state index < -0.39 is 6.04 Å². The molecule has 1 amide bonds. The fourth-order valence-electron chi connectivity index (χ4n) is 2.76. The summed E-state index contributed by atoms with van der Waals surface area (Å²) in [5.74, 6) is 0.0388. The summed E-state index contributed by atoms with van der Waals surface area (Å²) in [6.07, 6.45) is 1.90. The van der Waals surface area contributed by atoms with Gasteiger partial charge in [0, 0.05) is 6.54 Å². The molecular formula is C17H26FN3O. The number of hydrogen-bond acceptors (Lipinski definition) is 3. The van der Waals surface area contributed by atoms with Gasteiger partial charge in [-0.05, 0) is 55.0 Å². The molecule has 2 rings (SSSR count). The van der Waals surface area contributed by atoms with Crippen LogP contribution in [0.4, 0.5) is 4.39 Å². The highest BCUT2D eigenvalue weighted by Gasteiger charge is 2.20. The van der Waals surface area contributed by atoms with Crippen LogP contribution in [-0.2, 0) is 11.3 Å². The first-order valence-corrected chi connectivity index (χ1v) is 8.01. The first-order chi connectivity index (χ1) is 10.5. The van der Waals surface area contributed by atoms with E-state index in [1.54, 1.807) is 6.07 Å². The Hall–Kier alpha value is -1.46. The molecule has 0 spiro atoms. The number of carbonyl (C=O) groups is 1. The smallest absolute Gasteiger partial charge is 0.237 e. The Morgan fingerprint density at radius 1 is 1.41 bits per heavy atom. The molecule has 1 atom stereocenters. The lowest BCUT2D eigenvalue weighted by Gasteiger charge is -2.24. The zero-order valence-corrected chi connectivity index (χ0v) is 13.4. The SMILES string of the molecule is CC(C)[C@H](N)C(=O)NCc1ccc(F)c(C2CCNCC2)c1. The van der Waals surface area contributed by atoms with E-state index >= 15 is 0 Å². The molecule has 0 bridgehead atoms. The first kappa shape index (κ1) is 16.9. The lowest BCUT2D eigenvalue weighted by molar-refractivity contribution is -0.123. The molecule has 1 aliphatic rings. The molecule has 0 saturated carbocycles. The molecular weight excluding hydrogens is 281 g/mol. The van der Waals surface area contributed by atoms with Crippen molar-refractivity contribution in [2.75, 3.05) is 13.1 Å². The van der Waals surface area contributed by atoms with Gasteiger partial charge in [0.05, 0.1) is 6.04 Å². The van der Waals surface area contributed by atoms with Gasteiger partial charge in [0.1, 0.15) is 5.82 Å². The predicted octanol–water partition coefficient (Wildman–Crippen LogP) is 1.89. The number of piperidine rings is 1. The largest absolute Gasteiger partial charge is 0.351 e. The topological polar surface area (TPSA) is 67.2 Å². The van der Waals surface area contributed by atoms with Crippen molar-refractivity contribution in [1.29, 1.82) is 0 Å². The number of nitrogens with one attached hydrogen (secondary N) is 2. The van der Waals surface area contributed by atoms with Crippen molar-refractivity contribution in [3.8, 4) is 0 Å². The lowest BCUT2D eigenvalue weighted by atomic mass is 9.89. The van der Waals surface area contributed by atoms with Crippen molar-refractivity contribution in [3.05, 3.63) is 35.1 Å². The van der Waals surface area contributed by atoms with Crippen LogP contribution in [0.1, 0.15) is 43.7 Å². The van der Waals surface area contributed by atoms with E-state index in [0.29, 0.717) is 6.54 Å². The fraction of sp³-hybridized carbons (Fsp3) is 0.588. The fourth-order valence-corrected chi connectivity index (χ4v) is 2.76. The highest BCUT2D eigenvalue weighted by molar-refractivity contribution is 5.81. The quantitative estimate of drug-likeness (QED) is 0.778. The van der Waals surface area contributed by atoms with Crippen LogP contribution in [0.15, 0.2) is 18.2 Å². The molecule has 4 nitrogen and oxygen atoms in total. The molecule has 0 unspecified atom stereocenters. The van der Waals surface area contributed by atoms with Crippen LogP contribution in [0.25, 0.3) is 0 Å². The number of hydrogen-bond donors (Lipinski definition) is 3. The average molecular weight is 307 g/mol. The Kier molecular flexibility index (Phi) is 5.91. The third-order valence-corrected chi connectivity index (χ3v) is 4.33. The Morgan fingerprint density at radius 2 is 2.09 bits per heavy atom. The zero-order valence-electron chi connectivity index (χ0n) is 13.4. The molecule has 4 N–H and O–H groups in total. The van der Waals surface area contributed by atoms with E-state index in [4.69, 9.17) is 5.73 Å². The van der Waals surface area contributed by atoms with Crippen molar-refractivity contribution < 1.29 is 9.18 Å². The predicted molar refractivity (Wildman–Crippen MR) is 85.9 cm³/mol. The van der Waals surface area contributed by atoms with Gasteiger partial charge in [0.15, 0.2) is 0 Å². The Bertz CT molecular complexity index is 513. The minimum atomic E-state index is -0.510. The molecule has 122 valence electrons. The highest BCUT2D eigenvalue weighted by Crippen LogP contribution is 2.28. The van der Waals surface area contributed by atoms with Gasteiger partial charge in [0.25, 0.3) is 0 Å². The maximum atomic E-state index is 14.1. The van der Waals surface area contributed by atoms with E-state index in [1.165, 1.54) is 6.07 Å². The molecule has 1 aromatic rings. The summed E-state index contributed by atoms with van der Waals surface area (Å²) >= 11 is 0. The van der Waals surface area contributed by atoms with Crippen molar-refractivity contribution in [1.82, 2.24) is 10.6 Å². The van der Waals surface area contributed by atoms with Crippen molar-refractivity contribution in [2.45, 2.75) is 45.2 Å². The lowest BCUT2D eigenvalue weighted by Crippen LogP contribution is -2.43. The molecule has 1 aromatic carbocycles. The van der Waals surface area contributed by atoms with Gasteiger partial charge in [-0.2, -0.15) is 0 Å². The number of rotatable bonds is 5. The van der Waals surface area contributed by atoms with E-state index in [2.05, 4.69) is 10.6 Å². The number of benzene rings is 1. The van der Waals surface area contributed by atoms with Crippen LogP contribution in [0.5, 0.6) is 0 Å². The molecule has 5 heteroatoms. The normalized spacial score (nSPS) is 17.5. The van der Waals surface area contributed by atoms with Crippen LogP contribution in [0.2, 0.25) is 0 Å². The molecule has 1 aliphatic heterocycles. The molecule has 0 radical (unpaired) electrons. The summed E-state index contributed by atoms with van der Waals surface area (Å²) in [4.78, 5) is 11.9. The van der Waals surface area contributed by atoms with Gasteiger partial charge in [-0.3, -0.25) is 4.79 Å². The first-order valence-electron chi connectivity index (χ1n) is 8.01. The van der Waals surface area contributed by atoms with Crippen LogP contribution in [0.3, 0.4) is 0 Å². The number of carbonyl (C=O) groups excluding carboxylic acids is 1. The summed E-state index contributed by atoms with van der Waals surface area (Å²) in [6.45, 7) is 6.06. The minimum Gasteiger partial charge on any atom is -0.351 e. The van der Waals surface area contributed by atoms with Crippen LogP contribution in [0, 0.1) is 11.7 Å². The zero-order chi connectivity index (χ0) is 16.1. The van der Waals surface area contributed by atoms with Crippen LogP contribution < -0.4 is 16.4 Å². The average Bonchev–Trinajstić information content (AvgIpc) is 2.53. The third kappa shape index (κ3) is 4.27. The van der Waals surface area contributed by atoms with Crippen molar-refractivity contribution in [3.63, 3.8) is 0 Å². The second-order valence-electron chi connectivity index (χ2n) is 6.37. The van der Waals surface area contributed by atoms with E-state index in [0.717, 1.165) is 37.1 Å².